The van der Waals surface area contributed by atoms with Gasteiger partial charge in [0.05, 0.1) is 11.7 Å². The standard InChI is InChI=1S/C11H14N2O2/c1-7-5-10(15-8-3-4-8)9(6-13-7)11(14)12-2/h5-6,8H,3-4H2,1-2H3,(H,12,14). The number of amides is 1. The third-order valence-electron chi connectivity index (χ3n) is 2.29. The van der Waals surface area contributed by atoms with Crippen LogP contribution in [-0.4, -0.2) is 24.0 Å². The van der Waals surface area contributed by atoms with Gasteiger partial charge in [-0.15, -0.1) is 0 Å². The van der Waals surface area contributed by atoms with Gasteiger partial charge in [0.15, 0.2) is 0 Å². The molecule has 4 nitrogen and oxygen atoms in total. The van der Waals surface area contributed by atoms with Crippen LogP contribution in [0.1, 0.15) is 28.9 Å². The molecule has 80 valence electrons. The summed E-state index contributed by atoms with van der Waals surface area (Å²) in [4.78, 5) is 15.6. The van der Waals surface area contributed by atoms with Crippen LogP contribution >= 0.6 is 0 Å². The second-order valence-electron chi connectivity index (χ2n) is 3.72. The summed E-state index contributed by atoms with van der Waals surface area (Å²) in [7, 11) is 1.60. The van der Waals surface area contributed by atoms with Crippen LogP contribution in [0.3, 0.4) is 0 Å². The lowest BCUT2D eigenvalue weighted by Crippen LogP contribution is -2.19. The highest BCUT2D eigenvalue weighted by molar-refractivity contribution is 5.96. The van der Waals surface area contributed by atoms with Crippen LogP contribution in [0.25, 0.3) is 0 Å². The Bertz CT molecular complexity index is 386. The first-order valence-corrected chi connectivity index (χ1v) is 5.06. The maximum absolute atomic E-state index is 11.5. The molecule has 1 aromatic heterocycles. The zero-order valence-electron chi connectivity index (χ0n) is 8.91. The predicted molar refractivity (Wildman–Crippen MR) is 56.0 cm³/mol. The normalized spacial score (nSPS) is 14.8. The zero-order chi connectivity index (χ0) is 10.8. The van der Waals surface area contributed by atoms with E-state index in [1.807, 2.05) is 13.0 Å². The molecule has 0 spiro atoms. The average Bonchev–Trinajstić information content (AvgIpc) is 3.01. The predicted octanol–water partition coefficient (Wildman–Crippen LogP) is 1.29. The molecule has 0 aromatic carbocycles. The number of rotatable bonds is 3. The van der Waals surface area contributed by atoms with Gasteiger partial charge in [0, 0.05) is 25.0 Å². The van der Waals surface area contributed by atoms with E-state index in [0.717, 1.165) is 18.5 Å². The summed E-state index contributed by atoms with van der Waals surface area (Å²) in [5.74, 6) is 0.488. The van der Waals surface area contributed by atoms with Gasteiger partial charge in [-0.3, -0.25) is 9.78 Å². The first kappa shape index (κ1) is 9.96. The van der Waals surface area contributed by atoms with Crippen LogP contribution in [0, 0.1) is 6.92 Å². The highest BCUT2D eigenvalue weighted by atomic mass is 16.5. The smallest absolute Gasteiger partial charge is 0.256 e. The summed E-state index contributed by atoms with van der Waals surface area (Å²) in [5.41, 5.74) is 1.37. The SMILES string of the molecule is CNC(=O)c1cnc(C)cc1OC1CC1. The van der Waals surface area contributed by atoms with Crippen LogP contribution in [0.15, 0.2) is 12.3 Å². The Morgan fingerprint density at radius 3 is 2.93 bits per heavy atom. The molecule has 4 heteroatoms. The summed E-state index contributed by atoms with van der Waals surface area (Å²) >= 11 is 0. The van der Waals surface area contributed by atoms with E-state index in [1.165, 1.54) is 0 Å². The molecular formula is C11H14N2O2. The average molecular weight is 206 g/mol. The van der Waals surface area contributed by atoms with Gasteiger partial charge in [-0.2, -0.15) is 0 Å². The highest BCUT2D eigenvalue weighted by Crippen LogP contribution is 2.29. The number of aromatic nitrogens is 1. The lowest BCUT2D eigenvalue weighted by atomic mass is 10.2. The van der Waals surface area contributed by atoms with Crippen molar-refractivity contribution < 1.29 is 9.53 Å². The molecule has 2 rings (SSSR count). The molecule has 1 heterocycles. The number of carbonyl (C=O) groups excluding carboxylic acids is 1. The summed E-state index contributed by atoms with van der Waals surface area (Å²) in [6, 6.07) is 1.81. The summed E-state index contributed by atoms with van der Waals surface area (Å²) in [5, 5.41) is 2.58. The van der Waals surface area contributed by atoms with Gasteiger partial charge in [0.2, 0.25) is 0 Å². The quantitative estimate of drug-likeness (QED) is 0.810. The molecule has 0 radical (unpaired) electrons. The number of hydrogen-bond donors (Lipinski definition) is 1. The molecule has 1 aromatic rings. The van der Waals surface area contributed by atoms with Crippen LogP contribution in [-0.2, 0) is 0 Å². The van der Waals surface area contributed by atoms with Crippen molar-refractivity contribution in [3.63, 3.8) is 0 Å². The Balaban J connectivity index is 2.29. The number of aryl methyl sites for hydroxylation is 1. The minimum Gasteiger partial charge on any atom is -0.489 e. The van der Waals surface area contributed by atoms with Gasteiger partial charge in [-0.1, -0.05) is 0 Å². The summed E-state index contributed by atoms with van der Waals surface area (Å²) < 4.78 is 5.66. The molecule has 1 N–H and O–H groups in total. The number of ether oxygens (including phenoxy) is 1. The molecule has 1 fully saturated rings. The van der Waals surface area contributed by atoms with Gasteiger partial charge in [0.1, 0.15) is 5.75 Å². The van der Waals surface area contributed by atoms with Crippen LogP contribution in [0.2, 0.25) is 0 Å². The van der Waals surface area contributed by atoms with Gasteiger partial charge >= 0.3 is 0 Å². The minimum absolute atomic E-state index is 0.154. The lowest BCUT2D eigenvalue weighted by Gasteiger charge is -2.09. The van der Waals surface area contributed by atoms with Crippen molar-refractivity contribution in [1.29, 1.82) is 0 Å². The number of hydrogen-bond acceptors (Lipinski definition) is 3. The zero-order valence-corrected chi connectivity index (χ0v) is 8.91. The van der Waals surface area contributed by atoms with E-state index in [-0.39, 0.29) is 12.0 Å². The Morgan fingerprint density at radius 2 is 2.33 bits per heavy atom. The lowest BCUT2D eigenvalue weighted by molar-refractivity contribution is 0.0958. The fourth-order valence-corrected chi connectivity index (χ4v) is 1.30. The second-order valence-corrected chi connectivity index (χ2v) is 3.72. The first-order chi connectivity index (χ1) is 7.20. The molecule has 1 amide bonds. The van der Waals surface area contributed by atoms with E-state index < -0.39 is 0 Å². The van der Waals surface area contributed by atoms with Crippen molar-refractivity contribution in [2.75, 3.05) is 7.05 Å². The topological polar surface area (TPSA) is 51.2 Å². The van der Waals surface area contributed by atoms with E-state index in [9.17, 15) is 4.79 Å². The summed E-state index contributed by atoms with van der Waals surface area (Å²) in [6.45, 7) is 1.88. The van der Waals surface area contributed by atoms with E-state index in [0.29, 0.717) is 11.3 Å². The van der Waals surface area contributed by atoms with Gasteiger partial charge in [0.25, 0.3) is 5.91 Å². The Morgan fingerprint density at radius 1 is 1.60 bits per heavy atom. The van der Waals surface area contributed by atoms with Gasteiger partial charge < -0.3 is 10.1 Å². The molecule has 0 bridgehead atoms. The second kappa shape index (κ2) is 3.88. The van der Waals surface area contributed by atoms with Crippen molar-refractivity contribution in [1.82, 2.24) is 10.3 Å². The van der Waals surface area contributed by atoms with Crippen molar-refractivity contribution >= 4 is 5.91 Å². The van der Waals surface area contributed by atoms with E-state index in [1.54, 1.807) is 13.2 Å². The highest BCUT2D eigenvalue weighted by Gasteiger charge is 2.25. The molecule has 0 saturated heterocycles. The van der Waals surface area contributed by atoms with Crippen molar-refractivity contribution in [3.8, 4) is 5.75 Å². The Hall–Kier alpha value is -1.58. The molecule has 0 aliphatic heterocycles. The van der Waals surface area contributed by atoms with E-state index >= 15 is 0 Å². The molecule has 0 unspecified atom stereocenters. The Kier molecular flexibility index (Phi) is 2.58. The van der Waals surface area contributed by atoms with Crippen molar-refractivity contribution in [3.05, 3.63) is 23.5 Å². The fraction of sp³-hybridized carbons (Fsp3) is 0.455. The van der Waals surface area contributed by atoms with Crippen LogP contribution in [0.4, 0.5) is 0 Å². The Labute approximate surface area is 88.7 Å². The van der Waals surface area contributed by atoms with Crippen molar-refractivity contribution in [2.45, 2.75) is 25.9 Å². The monoisotopic (exact) mass is 206 g/mol. The number of nitrogens with zero attached hydrogens (tertiary/aromatic N) is 1. The van der Waals surface area contributed by atoms with E-state index in [4.69, 9.17) is 4.74 Å². The van der Waals surface area contributed by atoms with Crippen molar-refractivity contribution in [2.24, 2.45) is 0 Å². The fourth-order valence-electron chi connectivity index (χ4n) is 1.30. The molecule has 1 aliphatic carbocycles. The van der Waals surface area contributed by atoms with Gasteiger partial charge in [-0.25, -0.2) is 0 Å². The minimum atomic E-state index is -0.154. The first-order valence-electron chi connectivity index (χ1n) is 5.06. The van der Waals surface area contributed by atoms with Gasteiger partial charge in [-0.05, 0) is 19.8 Å². The number of pyridine rings is 1. The largest absolute Gasteiger partial charge is 0.489 e. The maximum atomic E-state index is 11.5. The third-order valence-corrected chi connectivity index (χ3v) is 2.29. The van der Waals surface area contributed by atoms with Crippen LogP contribution < -0.4 is 10.1 Å². The van der Waals surface area contributed by atoms with Crippen LogP contribution in [0.5, 0.6) is 5.75 Å². The molecule has 1 saturated carbocycles. The number of nitrogens with one attached hydrogen (secondary N) is 1. The molecular weight excluding hydrogens is 192 g/mol. The third kappa shape index (κ3) is 2.26. The maximum Gasteiger partial charge on any atom is 0.256 e. The number of carbonyl (C=O) groups is 1. The van der Waals surface area contributed by atoms with E-state index in [2.05, 4.69) is 10.3 Å². The molecule has 1 aliphatic rings. The summed E-state index contributed by atoms with van der Waals surface area (Å²) in [6.07, 6.45) is 4.00. The molecule has 15 heavy (non-hydrogen) atoms. The molecule has 0 atom stereocenters.